The number of hydrogen-bond donors (Lipinski definition) is 1. The molecule has 2 aromatic heterocycles. The third-order valence-electron chi connectivity index (χ3n) is 8.54. The number of benzene rings is 1. The fourth-order valence-electron chi connectivity index (χ4n) is 6.50. The summed E-state index contributed by atoms with van der Waals surface area (Å²) < 4.78 is 4.13. The number of carbonyl (C=O) groups excluding carboxylic acids is 2. The van der Waals surface area contributed by atoms with Gasteiger partial charge in [-0.1, -0.05) is 42.7 Å². The first-order valence-corrected chi connectivity index (χ1v) is 13.6. The average Bonchev–Trinajstić information content (AvgIpc) is 3.65. The molecule has 6 heteroatoms. The van der Waals surface area contributed by atoms with Crippen molar-refractivity contribution in [3.05, 3.63) is 66.1 Å². The lowest BCUT2D eigenvalue weighted by Crippen LogP contribution is -2.65. The Morgan fingerprint density at radius 1 is 1.06 bits per heavy atom. The van der Waals surface area contributed by atoms with Crippen LogP contribution in [-0.4, -0.2) is 44.0 Å². The molecule has 0 radical (unpaired) electrons. The molecule has 188 valence electrons. The molecular weight excluding hydrogens is 448 g/mol. The van der Waals surface area contributed by atoms with Crippen LogP contribution in [0, 0.1) is 0 Å². The van der Waals surface area contributed by atoms with Crippen molar-refractivity contribution in [2.24, 2.45) is 0 Å². The molecule has 1 atom stereocenters. The van der Waals surface area contributed by atoms with Crippen molar-refractivity contribution in [3.8, 4) is 5.69 Å². The second-order valence-corrected chi connectivity index (χ2v) is 10.9. The summed E-state index contributed by atoms with van der Waals surface area (Å²) in [7, 11) is 0. The summed E-state index contributed by atoms with van der Waals surface area (Å²) in [4.78, 5) is 30.2. The minimum absolute atomic E-state index is 0.0219. The lowest BCUT2D eigenvalue weighted by Gasteiger charge is -2.45. The minimum atomic E-state index is -0.947. The first-order valence-electron chi connectivity index (χ1n) is 13.6. The first-order chi connectivity index (χ1) is 17.6. The zero-order chi connectivity index (χ0) is 24.7. The summed E-state index contributed by atoms with van der Waals surface area (Å²) in [5.74, 6) is -0.0760. The van der Waals surface area contributed by atoms with Crippen molar-refractivity contribution < 1.29 is 9.59 Å². The smallest absolute Gasteiger partial charge is 0.273 e. The molecule has 1 aromatic carbocycles. The van der Waals surface area contributed by atoms with Gasteiger partial charge in [0.2, 0.25) is 5.91 Å². The summed E-state index contributed by atoms with van der Waals surface area (Å²) >= 11 is 0. The van der Waals surface area contributed by atoms with Crippen LogP contribution in [-0.2, 0) is 11.3 Å². The average molecular weight is 485 g/mol. The van der Waals surface area contributed by atoms with Crippen molar-refractivity contribution in [3.63, 3.8) is 0 Å². The summed E-state index contributed by atoms with van der Waals surface area (Å²) in [5, 5.41) is 4.36. The number of hydrogen-bond acceptors (Lipinski definition) is 2. The van der Waals surface area contributed by atoms with Gasteiger partial charge in [0.1, 0.15) is 11.2 Å². The summed E-state index contributed by atoms with van der Waals surface area (Å²) in [6.07, 6.45) is 16.2. The number of nitrogens with one attached hydrogen (secondary N) is 1. The highest BCUT2D eigenvalue weighted by Gasteiger charge is 2.49. The predicted octanol–water partition coefficient (Wildman–Crippen LogP) is 5.60. The maximum Gasteiger partial charge on any atom is 0.273 e. The second kappa shape index (κ2) is 9.30. The van der Waals surface area contributed by atoms with E-state index in [1.54, 1.807) is 0 Å². The number of rotatable bonds is 6. The molecule has 36 heavy (non-hydrogen) atoms. The van der Waals surface area contributed by atoms with E-state index in [2.05, 4.69) is 28.1 Å². The molecule has 1 aliphatic heterocycles. The molecule has 6 nitrogen and oxygen atoms in total. The monoisotopic (exact) mass is 484 g/mol. The Hall–Kier alpha value is -3.28. The predicted molar refractivity (Wildman–Crippen MR) is 142 cm³/mol. The molecular formula is C30H36N4O2. The maximum atomic E-state index is 14.4. The molecule has 0 bridgehead atoms. The van der Waals surface area contributed by atoms with Crippen molar-refractivity contribution in [2.45, 2.75) is 82.8 Å². The molecule has 1 saturated carbocycles. The first kappa shape index (κ1) is 23.1. The summed E-state index contributed by atoms with van der Waals surface area (Å²) in [6.45, 7) is 2.98. The van der Waals surface area contributed by atoms with Gasteiger partial charge in [0.15, 0.2) is 0 Å². The lowest BCUT2D eigenvalue weighted by atomic mass is 9.92. The maximum absolute atomic E-state index is 14.4. The second-order valence-electron chi connectivity index (χ2n) is 10.9. The third kappa shape index (κ3) is 3.87. The molecule has 0 unspecified atom stereocenters. The number of nitrogens with zero attached hydrogens (tertiary/aromatic N) is 3. The highest BCUT2D eigenvalue weighted by Crippen LogP contribution is 2.38. The highest BCUT2D eigenvalue weighted by molar-refractivity contribution is 6.08. The Balaban J connectivity index is 1.44. The summed E-state index contributed by atoms with van der Waals surface area (Å²) in [5.41, 5.74) is 3.05. The zero-order valence-corrected chi connectivity index (χ0v) is 21.2. The van der Waals surface area contributed by atoms with Crippen molar-refractivity contribution in [1.82, 2.24) is 19.4 Å². The third-order valence-corrected chi connectivity index (χ3v) is 8.54. The normalized spacial score (nSPS) is 22.6. The molecule has 0 saturated heterocycles. The topological polar surface area (TPSA) is 59.3 Å². The van der Waals surface area contributed by atoms with E-state index >= 15 is 0 Å². The van der Waals surface area contributed by atoms with Gasteiger partial charge in [0.25, 0.3) is 5.91 Å². The molecule has 3 aliphatic rings. The van der Waals surface area contributed by atoms with E-state index in [-0.39, 0.29) is 17.9 Å². The van der Waals surface area contributed by atoms with E-state index in [9.17, 15) is 9.59 Å². The van der Waals surface area contributed by atoms with Crippen LogP contribution in [0.1, 0.15) is 75.2 Å². The number of carbonyl (C=O) groups is 2. The van der Waals surface area contributed by atoms with Gasteiger partial charge in [0.05, 0.1) is 17.7 Å². The van der Waals surface area contributed by atoms with E-state index in [4.69, 9.17) is 0 Å². The van der Waals surface area contributed by atoms with Crippen LogP contribution in [0.25, 0.3) is 16.6 Å². The Bertz CT molecular complexity index is 1310. The van der Waals surface area contributed by atoms with Crippen LogP contribution >= 0.6 is 0 Å². The number of allylic oxidation sites excluding steroid dienone is 1. The van der Waals surface area contributed by atoms with E-state index in [0.717, 1.165) is 61.5 Å². The molecule has 6 rings (SSSR count). The highest BCUT2D eigenvalue weighted by atomic mass is 16.2. The molecule has 0 spiro atoms. The van der Waals surface area contributed by atoms with Gasteiger partial charge >= 0.3 is 0 Å². The van der Waals surface area contributed by atoms with Crippen molar-refractivity contribution in [2.75, 3.05) is 6.54 Å². The van der Waals surface area contributed by atoms with Gasteiger partial charge in [-0.05, 0) is 70.1 Å². The van der Waals surface area contributed by atoms with Crippen LogP contribution < -0.4 is 5.32 Å². The van der Waals surface area contributed by atoms with E-state index in [0.29, 0.717) is 18.8 Å². The molecule has 3 aromatic rings. The summed E-state index contributed by atoms with van der Waals surface area (Å²) in [6, 6.07) is 12.4. The largest absolute Gasteiger partial charge is 0.351 e. The Kier molecular flexibility index (Phi) is 5.98. The molecule has 1 N–H and O–H groups in total. The molecule has 3 heterocycles. The van der Waals surface area contributed by atoms with Crippen LogP contribution in [0.4, 0.5) is 0 Å². The standard InChI is InChI=1S/C30H36N4O2/c1-30(29(36)31-23-13-5-6-14-23)21-33-25-16-8-7-15-24(25)26(32-18-9-10-19-32)27(33)28(35)34(30)20-17-22-11-3-2-4-12-22/h7-11,15-16,18-19,23H,2-6,12-14,17,20-21H2,1H3,(H,31,36)/t30-/m0/s1. The van der Waals surface area contributed by atoms with Crippen LogP contribution in [0.15, 0.2) is 60.4 Å². The van der Waals surface area contributed by atoms with Crippen LogP contribution in [0.2, 0.25) is 0 Å². The van der Waals surface area contributed by atoms with Crippen LogP contribution in [0.3, 0.4) is 0 Å². The number of para-hydroxylation sites is 1. The van der Waals surface area contributed by atoms with Gasteiger partial charge in [-0.15, -0.1) is 0 Å². The fourth-order valence-corrected chi connectivity index (χ4v) is 6.50. The zero-order valence-electron chi connectivity index (χ0n) is 21.2. The molecule has 2 aliphatic carbocycles. The van der Waals surface area contributed by atoms with Gasteiger partial charge in [-0.2, -0.15) is 0 Å². The van der Waals surface area contributed by atoms with Gasteiger partial charge < -0.3 is 19.4 Å². The van der Waals surface area contributed by atoms with E-state index in [1.807, 2.05) is 53.0 Å². The van der Waals surface area contributed by atoms with E-state index < -0.39 is 5.54 Å². The van der Waals surface area contributed by atoms with E-state index in [1.165, 1.54) is 18.4 Å². The number of aromatic nitrogens is 2. The molecule has 2 amide bonds. The quantitative estimate of drug-likeness (QED) is 0.463. The van der Waals surface area contributed by atoms with Crippen molar-refractivity contribution >= 4 is 22.7 Å². The minimum Gasteiger partial charge on any atom is -0.351 e. The van der Waals surface area contributed by atoms with Gasteiger partial charge in [-0.3, -0.25) is 9.59 Å². The number of fused-ring (bicyclic) bond motifs is 3. The Morgan fingerprint density at radius 3 is 2.58 bits per heavy atom. The Labute approximate surface area is 213 Å². The van der Waals surface area contributed by atoms with Crippen LogP contribution in [0.5, 0.6) is 0 Å². The van der Waals surface area contributed by atoms with Gasteiger partial charge in [-0.25, -0.2) is 0 Å². The Morgan fingerprint density at radius 2 is 1.83 bits per heavy atom. The van der Waals surface area contributed by atoms with Gasteiger partial charge in [0, 0.05) is 30.4 Å². The fraction of sp³-hybridized carbons (Fsp3) is 0.467. The number of amides is 2. The van der Waals surface area contributed by atoms with Crippen molar-refractivity contribution in [1.29, 1.82) is 0 Å². The SMILES string of the molecule is C[C@@]1(C(=O)NC2CCCC2)Cn2c(c(-n3cccc3)c3ccccc32)C(=O)N1CCC1=CCCCC1. The molecule has 1 fully saturated rings. The lowest BCUT2D eigenvalue weighted by molar-refractivity contribution is -0.133.